The zero-order valence-electron chi connectivity index (χ0n) is 8.69. The minimum absolute atomic E-state index is 0.228. The summed E-state index contributed by atoms with van der Waals surface area (Å²) in [4.78, 5) is 0. The molecule has 0 amide bonds. The summed E-state index contributed by atoms with van der Waals surface area (Å²) >= 11 is 9.46. The molecule has 0 unspecified atom stereocenters. The second-order valence-electron chi connectivity index (χ2n) is 3.67. The monoisotopic (exact) mass is 314 g/mol. The molecule has 0 spiro atoms. The van der Waals surface area contributed by atoms with Crippen LogP contribution >= 0.6 is 27.5 Å². The van der Waals surface area contributed by atoms with Crippen molar-refractivity contribution in [2.75, 3.05) is 6.79 Å². The lowest BCUT2D eigenvalue weighted by molar-refractivity contribution is 0.174. The maximum absolute atomic E-state index is 6.10. The molecule has 6 heteroatoms. The van der Waals surface area contributed by atoms with E-state index in [0.717, 1.165) is 10.0 Å². The first-order chi connectivity index (χ1) is 8.22. The van der Waals surface area contributed by atoms with Gasteiger partial charge in [0.25, 0.3) is 0 Å². The van der Waals surface area contributed by atoms with E-state index < -0.39 is 0 Å². The lowest BCUT2D eigenvalue weighted by Gasteiger charge is -2.05. The number of halogens is 2. The van der Waals surface area contributed by atoms with Crippen molar-refractivity contribution in [3.8, 4) is 11.5 Å². The van der Waals surface area contributed by atoms with Gasteiger partial charge in [-0.1, -0.05) is 11.6 Å². The van der Waals surface area contributed by atoms with Crippen LogP contribution in [0.3, 0.4) is 0 Å². The van der Waals surface area contributed by atoms with Gasteiger partial charge in [0, 0.05) is 6.20 Å². The van der Waals surface area contributed by atoms with Crippen molar-refractivity contribution < 1.29 is 9.47 Å². The Bertz CT molecular complexity index is 571. The number of nitrogens with zero attached hydrogens (tertiary/aromatic N) is 2. The van der Waals surface area contributed by atoms with Crippen LogP contribution in [-0.2, 0) is 6.54 Å². The van der Waals surface area contributed by atoms with Crippen LogP contribution in [0.15, 0.2) is 29.0 Å². The van der Waals surface area contributed by atoms with E-state index in [1.807, 2.05) is 23.0 Å². The van der Waals surface area contributed by atoms with E-state index in [4.69, 9.17) is 21.1 Å². The topological polar surface area (TPSA) is 36.3 Å². The third-order valence-electron chi connectivity index (χ3n) is 2.43. The molecule has 0 saturated carbocycles. The standard InChI is InChI=1S/C11H8BrClN2O2/c12-8-3-14-15(5-8)4-7-1-9(13)11-10(2-7)16-6-17-11/h1-3,5H,4,6H2. The van der Waals surface area contributed by atoms with Gasteiger partial charge in [0.15, 0.2) is 11.5 Å². The fraction of sp³-hybridized carbons (Fsp3) is 0.182. The molecular formula is C11H8BrClN2O2. The van der Waals surface area contributed by atoms with E-state index in [-0.39, 0.29) is 6.79 Å². The zero-order valence-corrected chi connectivity index (χ0v) is 11.0. The van der Waals surface area contributed by atoms with E-state index in [2.05, 4.69) is 21.0 Å². The minimum atomic E-state index is 0.228. The van der Waals surface area contributed by atoms with E-state index in [1.54, 1.807) is 6.20 Å². The molecule has 3 rings (SSSR count). The van der Waals surface area contributed by atoms with Crippen LogP contribution in [0.4, 0.5) is 0 Å². The molecule has 1 aromatic heterocycles. The van der Waals surface area contributed by atoms with Crippen LogP contribution in [0.25, 0.3) is 0 Å². The molecule has 0 radical (unpaired) electrons. The SMILES string of the molecule is Clc1cc(Cn2cc(Br)cn2)cc2c1OCO2. The molecule has 0 atom stereocenters. The van der Waals surface area contributed by atoms with Gasteiger partial charge in [-0.25, -0.2) is 0 Å². The van der Waals surface area contributed by atoms with Crippen molar-refractivity contribution in [3.05, 3.63) is 39.6 Å². The number of benzene rings is 1. The summed E-state index contributed by atoms with van der Waals surface area (Å²) in [5.74, 6) is 1.32. The van der Waals surface area contributed by atoms with Gasteiger partial charge in [0.05, 0.1) is 22.2 Å². The first-order valence-electron chi connectivity index (χ1n) is 4.98. The first kappa shape index (κ1) is 10.9. The van der Waals surface area contributed by atoms with Gasteiger partial charge in [-0.2, -0.15) is 5.10 Å². The first-order valence-corrected chi connectivity index (χ1v) is 6.15. The maximum atomic E-state index is 6.10. The summed E-state index contributed by atoms with van der Waals surface area (Å²) in [7, 11) is 0. The molecular weight excluding hydrogens is 307 g/mol. The molecule has 1 aliphatic rings. The Hall–Kier alpha value is -1.20. The Morgan fingerprint density at radius 2 is 2.29 bits per heavy atom. The highest BCUT2D eigenvalue weighted by molar-refractivity contribution is 9.10. The van der Waals surface area contributed by atoms with E-state index in [0.29, 0.717) is 23.1 Å². The van der Waals surface area contributed by atoms with Gasteiger partial charge < -0.3 is 9.47 Å². The highest BCUT2D eigenvalue weighted by Crippen LogP contribution is 2.39. The fourth-order valence-corrected chi connectivity index (χ4v) is 2.34. The van der Waals surface area contributed by atoms with Crippen molar-refractivity contribution in [1.82, 2.24) is 9.78 Å². The highest BCUT2D eigenvalue weighted by Gasteiger charge is 2.18. The predicted octanol–water partition coefficient (Wildman–Crippen LogP) is 3.08. The van der Waals surface area contributed by atoms with Crippen molar-refractivity contribution in [3.63, 3.8) is 0 Å². The molecule has 0 N–H and O–H groups in total. The summed E-state index contributed by atoms with van der Waals surface area (Å²) < 4.78 is 13.3. The summed E-state index contributed by atoms with van der Waals surface area (Å²) in [6.45, 7) is 0.869. The second-order valence-corrected chi connectivity index (χ2v) is 4.99. The molecule has 1 aromatic carbocycles. The number of fused-ring (bicyclic) bond motifs is 1. The quantitative estimate of drug-likeness (QED) is 0.854. The lowest BCUT2D eigenvalue weighted by Crippen LogP contribution is -1.99. The molecule has 0 aliphatic carbocycles. The Balaban J connectivity index is 1.91. The average Bonchev–Trinajstić information content (AvgIpc) is 2.87. The Morgan fingerprint density at radius 1 is 1.41 bits per heavy atom. The summed E-state index contributed by atoms with van der Waals surface area (Å²) in [6, 6.07) is 3.79. The number of rotatable bonds is 2. The van der Waals surface area contributed by atoms with Crippen LogP contribution in [0.5, 0.6) is 11.5 Å². The minimum Gasteiger partial charge on any atom is -0.454 e. The van der Waals surface area contributed by atoms with E-state index >= 15 is 0 Å². The number of aromatic nitrogens is 2. The Kier molecular flexibility index (Phi) is 2.72. The van der Waals surface area contributed by atoms with Crippen molar-refractivity contribution in [2.24, 2.45) is 0 Å². The lowest BCUT2D eigenvalue weighted by atomic mass is 10.2. The Labute approximate surface area is 111 Å². The Morgan fingerprint density at radius 3 is 3.06 bits per heavy atom. The van der Waals surface area contributed by atoms with Gasteiger partial charge in [-0.15, -0.1) is 0 Å². The summed E-state index contributed by atoms with van der Waals surface area (Å²) in [5.41, 5.74) is 1.02. The smallest absolute Gasteiger partial charge is 0.231 e. The summed E-state index contributed by atoms with van der Waals surface area (Å²) in [5, 5.41) is 4.76. The predicted molar refractivity (Wildman–Crippen MR) is 66.6 cm³/mol. The van der Waals surface area contributed by atoms with E-state index in [1.165, 1.54) is 0 Å². The van der Waals surface area contributed by atoms with Crippen LogP contribution in [0.1, 0.15) is 5.56 Å². The average molecular weight is 316 g/mol. The van der Waals surface area contributed by atoms with Gasteiger partial charge in [-0.05, 0) is 33.6 Å². The molecule has 2 heterocycles. The van der Waals surface area contributed by atoms with Gasteiger partial charge in [-0.3, -0.25) is 4.68 Å². The number of hydrogen-bond donors (Lipinski definition) is 0. The molecule has 0 bridgehead atoms. The second kappa shape index (κ2) is 4.23. The van der Waals surface area contributed by atoms with Crippen LogP contribution in [0.2, 0.25) is 5.02 Å². The maximum Gasteiger partial charge on any atom is 0.231 e. The molecule has 88 valence electrons. The third-order valence-corrected chi connectivity index (χ3v) is 3.12. The van der Waals surface area contributed by atoms with Crippen molar-refractivity contribution in [2.45, 2.75) is 6.54 Å². The van der Waals surface area contributed by atoms with Crippen molar-refractivity contribution >= 4 is 27.5 Å². The van der Waals surface area contributed by atoms with Crippen LogP contribution in [-0.4, -0.2) is 16.6 Å². The number of hydrogen-bond acceptors (Lipinski definition) is 3. The molecule has 1 aliphatic heterocycles. The summed E-state index contributed by atoms with van der Waals surface area (Å²) in [6.07, 6.45) is 3.65. The van der Waals surface area contributed by atoms with Crippen LogP contribution in [0, 0.1) is 0 Å². The fourth-order valence-electron chi connectivity index (χ4n) is 1.72. The van der Waals surface area contributed by atoms with Gasteiger partial charge in [0.2, 0.25) is 6.79 Å². The van der Waals surface area contributed by atoms with E-state index in [9.17, 15) is 0 Å². The third kappa shape index (κ3) is 2.12. The zero-order chi connectivity index (χ0) is 11.8. The molecule has 4 nitrogen and oxygen atoms in total. The molecule has 2 aromatic rings. The highest BCUT2D eigenvalue weighted by atomic mass is 79.9. The van der Waals surface area contributed by atoms with Gasteiger partial charge in [0.1, 0.15) is 0 Å². The molecule has 17 heavy (non-hydrogen) atoms. The molecule has 0 saturated heterocycles. The number of ether oxygens (including phenoxy) is 2. The van der Waals surface area contributed by atoms with Crippen molar-refractivity contribution in [1.29, 1.82) is 0 Å². The molecule has 0 fully saturated rings. The van der Waals surface area contributed by atoms with Crippen LogP contribution < -0.4 is 9.47 Å². The van der Waals surface area contributed by atoms with Gasteiger partial charge >= 0.3 is 0 Å². The largest absolute Gasteiger partial charge is 0.454 e. The normalized spacial score (nSPS) is 13.1.